The topological polar surface area (TPSA) is 29.1 Å². The van der Waals surface area contributed by atoms with Crippen molar-refractivity contribution >= 4 is 23.2 Å². The van der Waals surface area contributed by atoms with E-state index in [0.717, 1.165) is 0 Å². The molecule has 0 saturated heterocycles. The maximum absolute atomic E-state index is 13.0. The van der Waals surface area contributed by atoms with E-state index in [1.54, 1.807) is 0 Å². The van der Waals surface area contributed by atoms with Crippen LogP contribution < -0.4 is 5.32 Å². The molecule has 1 aliphatic heterocycles. The molecule has 0 unspecified atom stereocenters. The maximum atomic E-state index is 13.0. The molecule has 1 N–H and O–H groups in total. The van der Waals surface area contributed by atoms with Crippen LogP contribution in [0.4, 0.5) is 14.5 Å². The summed E-state index contributed by atoms with van der Waals surface area (Å²) in [6, 6.07) is 4.01. The molecular formula is C8H4ClF2NO. The first-order valence-electron chi connectivity index (χ1n) is 3.52. The number of anilines is 1. The Morgan fingerprint density at radius 1 is 1.38 bits per heavy atom. The van der Waals surface area contributed by atoms with Gasteiger partial charge in [-0.2, -0.15) is 8.78 Å². The third-order valence-corrected chi connectivity index (χ3v) is 2.19. The van der Waals surface area contributed by atoms with Crippen molar-refractivity contribution in [1.29, 1.82) is 0 Å². The van der Waals surface area contributed by atoms with Crippen LogP contribution >= 0.6 is 11.6 Å². The van der Waals surface area contributed by atoms with Crippen molar-refractivity contribution in [3.8, 4) is 0 Å². The van der Waals surface area contributed by atoms with Crippen LogP contribution in [0, 0.1) is 0 Å². The van der Waals surface area contributed by atoms with Gasteiger partial charge in [-0.25, -0.2) is 0 Å². The molecule has 13 heavy (non-hydrogen) atoms. The summed E-state index contributed by atoms with van der Waals surface area (Å²) in [6.07, 6.45) is 0. The average Bonchev–Trinajstić information content (AvgIpc) is 2.28. The molecule has 1 amide bonds. The van der Waals surface area contributed by atoms with Gasteiger partial charge >= 0.3 is 5.92 Å². The highest BCUT2D eigenvalue weighted by Crippen LogP contribution is 2.43. The lowest BCUT2D eigenvalue weighted by Gasteiger charge is -2.05. The Hall–Kier alpha value is -1.16. The standard InChI is InChI=1S/C8H4ClF2NO/c9-5-3-1-2-4-6(5)12-7(13)8(4,10)11/h1-3H,(H,12,13). The van der Waals surface area contributed by atoms with Gasteiger partial charge in [0.15, 0.2) is 0 Å². The van der Waals surface area contributed by atoms with Crippen molar-refractivity contribution in [2.24, 2.45) is 0 Å². The first-order valence-corrected chi connectivity index (χ1v) is 3.89. The molecule has 1 aliphatic rings. The highest BCUT2D eigenvalue weighted by atomic mass is 35.5. The average molecular weight is 204 g/mol. The van der Waals surface area contributed by atoms with Gasteiger partial charge in [-0.05, 0) is 6.07 Å². The zero-order valence-electron chi connectivity index (χ0n) is 6.27. The van der Waals surface area contributed by atoms with E-state index in [1.165, 1.54) is 18.2 Å². The number of para-hydroxylation sites is 1. The number of carbonyl (C=O) groups excluding carboxylic acids is 1. The fourth-order valence-corrected chi connectivity index (χ4v) is 1.45. The Labute approximate surface area is 77.5 Å². The SMILES string of the molecule is O=C1Nc2c(Cl)cccc2C1(F)F. The molecule has 0 saturated carbocycles. The van der Waals surface area contributed by atoms with Crippen LogP contribution in [0.25, 0.3) is 0 Å². The van der Waals surface area contributed by atoms with Crippen molar-refractivity contribution in [3.05, 3.63) is 28.8 Å². The largest absolute Gasteiger partial charge is 0.352 e. The lowest BCUT2D eigenvalue weighted by atomic mass is 10.1. The molecule has 0 aromatic heterocycles. The summed E-state index contributed by atoms with van der Waals surface area (Å²) < 4.78 is 26.1. The van der Waals surface area contributed by atoms with Gasteiger partial charge < -0.3 is 5.32 Å². The predicted molar refractivity (Wildman–Crippen MR) is 44.0 cm³/mol. The molecule has 1 heterocycles. The fraction of sp³-hybridized carbons (Fsp3) is 0.125. The molecule has 5 heteroatoms. The Morgan fingerprint density at radius 3 is 2.69 bits per heavy atom. The number of fused-ring (bicyclic) bond motifs is 1. The summed E-state index contributed by atoms with van der Waals surface area (Å²) >= 11 is 5.61. The molecule has 0 spiro atoms. The number of nitrogens with one attached hydrogen (secondary N) is 1. The fourth-order valence-electron chi connectivity index (χ4n) is 1.23. The van der Waals surface area contributed by atoms with Gasteiger partial charge in [0.05, 0.1) is 16.3 Å². The molecule has 0 radical (unpaired) electrons. The highest BCUT2D eigenvalue weighted by molar-refractivity contribution is 6.34. The van der Waals surface area contributed by atoms with Crippen molar-refractivity contribution < 1.29 is 13.6 Å². The third kappa shape index (κ3) is 1.02. The van der Waals surface area contributed by atoms with Crippen LogP contribution in [0.1, 0.15) is 5.56 Å². The minimum atomic E-state index is -3.46. The Bertz CT molecular complexity index is 392. The summed E-state index contributed by atoms with van der Waals surface area (Å²) in [5.74, 6) is -4.78. The van der Waals surface area contributed by atoms with Crippen LogP contribution in [0.2, 0.25) is 5.02 Å². The first kappa shape index (κ1) is 8.44. The maximum Gasteiger partial charge on any atom is 0.352 e. The summed E-state index contributed by atoms with van der Waals surface area (Å²) in [5, 5.41) is 2.16. The number of rotatable bonds is 0. The lowest BCUT2D eigenvalue weighted by Crippen LogP contribution is -2.23. The van der Waals surface area contributed by atoms with E-state index >= 15 is 0 Å². The van der Waals surface area contributed by atoms with E-state index in [9.17, 15) is 13.6 Å². The van der Waals surface area contributed by atoms with Crippen molar-refractivity contribution in [2.45, 2.75) is 5.92 Å². The minimum absolute atomic E-state index is 0.0131. The quantitative estimate of drug-likeness (QED) is 0.689. The van der Waals surface area contributed by atoms with E-state index in [1.807, 2.05) is 5.32 Å². The summed E-state index contributed by atoms with van der Waals surface area (Å²) in [4.78, 5) is 10.8. The van der Waals surface area contributed by atoms with Gasteiger partial charge in [0.25, 0.3) is 5.91 Å². The van der Waals surface area contributed by atoms with Crippen LogP contribution in [0.5, 0.6) is 0 Å². The molecule has 0 atom stereocenters. The number of alkyl halides is 2. The number of carbonyl (C=O) groups is 1. The Balaban J connectivity index is 2.68. The number of hydrogen-bond donors (Lipinski definition) is 1. The van der Waals surface area contributed by atoms with Gasteiger partial charge in [-0.3, -0.25) is 4.79 Å². The second-order valence-corrected chi connectivity index (χ2v) is 3.10. The summed E-state index contributed by atoms with van der Waals surface area (Å²) in [7, 11) is 0. The molecule has 2 rings (SSSR count). The zero-order valence-corrected chi connectivity index (χ0v) is 7.03. The molecule has 0 aliphatic carbocycles. The van der Waals surface area contributed by atoms with Crippen LogP contribution in [0.3, 0.4) is 0 Å². The van der Waals surface area contributed by atoms with Crippen molar-refractivity contribution in [2.75, 3.05) is 5.32 Å². The second kappa shape index (κ2) is 2.42. The minimum Gasteiger partial charge on any atom is -0.319 e. The van der Waals surface area contributed by atoms with Crippen LogP contribution in [-0.4, -0.2) is 5.91 Å². The van der Waals surface area contributed by atoms with Gasteiger partial charge in [0.1, 0.15) is 0 Å². The number of hydrogen-bond acceptors (Lipinski definition) is 1. The molecule has 2 nitrogen and oxygen atoms in total. The first-order chi connectivity index (χ1) is 6.03. The van der Waals surface area contributed by atoms with E-state index in [4.69, 9.17) is 11.6 Å². The van der Waals surface area contributed by atoms with E-state index in [2.05, 4.69) is 0 Å². The van der Waals surface area contributed by atoms with E-state index < -0.39 is 11.8 Å². The van der Waals surface area contributed by atoms with Gasteiger partial charge in [0, 0.05) is 0 Å². The molecule has 1 aromatic rings. The van der Waals surface area contributed by atoms with Crippen molar-refractivity contribution in [3.63, 3.8) is 0 Å². The number of benzene rings is 1. The smallest absolute Gasteiger partial charge is 0.319 e. The third-order valence-electron chi connectivity index (χ3n) is 1.88. The van der Waals surface area contributed by atoms with Gasteiger partial charge in [0.2, 0.25) is 0 Å². The molecular weight excluding hydrogens is 200 g/mol. The van der Waals surface area contributed by atoms with E-state index in [0.29, 0.717) is 0 Å². The van der Waals surface area contributed by atoms with Gasteiger partial charge in [-0.1, -0.05) is 23.7 Å². The monoisotopic (exact) mass is 203 g/mol. The molecule has 68 valence electrons. The van der Waals surface area contributed by atoms with Crippen molar-refractivity contribution in [1.82, 2.24) is 0 Å². The van der Waals surface area contributed by atoms with Crippen LogP contribution in [0.15, 0.2) is 18.2 Å². The number of amides is 1. The zero-order chi connectivity index (χ0) is 9.64. The second-order valence-electron chi connectivity index (χ2n) is 2.69. The predicted octanol–water partition coefficient (Wildman–Crippen LogP) is 2.38. The van der Waals surface area contributed by atoms with E-state index in [-0.39, 0.29) is 16.3 Å². The highest BCUT2D eigenvalue weighted by Gasteiger charge is 2.48. The lowest BCUT2D eigenvalue weighted by molar-refractivity contribution is -0.139. The van der Waals surface area contributed by atoms with Gasteiger partial charge in [-0.15, -0.1) is 0 Å². The normalized spacial score (nSPS) is 18.2. The number of halogens is 3. The van der Waals surface area contributed by atoms with Crippen LogP contribution in [-0.2, 0) is 10.7 Å². The molecule has 0 fully saturated rings. The summed E-state index contributed by atoms with van der Waals surface area (Å²) in [5.41, 5.74) is -0.343. The Kier molecular flexibility index (Phi) is 1.57. The Morgan fingerprint density at radius 2 is 2.08 bits per heavy atom. The summed E-state index contributed by atoms with van der Waals surface area (Å²) in [6.45, 7) is 0. The molecule has 0 bridgehead atoms. The molecule has 1 aromatic carbocycles.